The minimum Gasteiger partial charge on any atom is -0.378 e. The van der Waals surface area contributed by atoms with E-state index in [0.717, 1.165) is 38.6 Å². The molecule has 0 bridgehead atoms. The molecule has 2 aliphatic heterocycles. The van der Waals surface area contributed by atoms with E-state index in [1.165, 1.54) is 0 Å². The molecule has 18 heavy (non-hydrogen) atoms. The number of aliphatic imine (C=N–C) groups is 1. The van der Waals surface area contributed by atoms with Crippen LogP contribution in [0.3, 0.4) is 0 Å². The van der Waals surface area contributed by atoms with Crippen molar-refractivity contribution in [2.24, 2.45) is 4.99 Å². The number of carbonyl (C=O) groups is 1. The maximum Gasteiger partial charge on any atom is 0.252 e. The molecule has 0 aromatic rings. The number of hydrogen-bond acceptors (Lipinski definition) is 3. The van der Waals surface area contributed by atoms with E-state index in [-0.39, 0.29) is 12.0 Å². The van der Waals surface area contributed by atoms with Crippen molar-refractivity contribution in [1.29, 1.82) is 0 Å². The summed E-state index contributed by atoms with van der Waals surface area (Å²) >= 11 is 0. The number of carbonyl (C=O) groups excluding carboxylic acids is 1. The second kappa shape index (κ2) is 5.69. The van der Waals surface area contributed by atoms with E-state index in [1.54, 1.807) is 0 Å². The lowest BCUT2D eigenvalue weighted by Gasteiger charge is -2.35. The molecule has 2 N–H and O–H groups in total. The van der Waals surface area contributed by atoms with Crippen molar-refractivity contribution in [1.82, 2.24) is 10.6 Å². The molecule has 1 spiro atoms. The normalized spacial score (nSPS) is 33.8. The molecule has 2 saturated heterocycles. The molecule has 0 saturated carbocycles. The quantitative estimate of drug-likeness (QED) is 0.791. The summed E-state index contributed by atoms with van der Waals surface area (Å²) in [6, 6.07) is 0. The molecule has 2 heterocycles. The molecule has 0 radical (unpaired) electrons. The van der Waals surface area contributed by atoms with E-state index in [0.29, 0.717) is 12.6 Å². The van der Waals surface area contributed by atoms with Gasteiger partial charge >= 0.3 is 0 Å². The van der Waals surface area contributed by atoms with Gasteiger partial charge in [0.05, 0.1) is 6.10 Å². The zero-order chi connectivity index (χ0) is 13.0. The molecule has 2 unspecified atom stereocenters. The summed E-state index contributed by atoms with van der Waals surface area (Å²) in [6.45, 7) is 5.60. The van der Waals surface area contributed by atoms with Crippen LogP contribution in [0.2, 0.25) is 0 Å². The van der Waals surface area contributed by atoms with Gasteiger partial charge in [0, 0.05) is 26.0 Å². The highest BCUT2D eigenvalue weighted by Crippen LogP contribution is 2.29. The fourth-order valence-corrected chi connectivity index (χ4v) is 2.62. The van der Waals surface area contributed by atoms with Crippen molar-refractivity contribution in [2.75, 3.05) is 13.2 Å². The number of amides is 1. The molecular formula is C13H23N3O2. The second-order valence-electron chi connectivity index (χ2n) is 5.13. The number of nitrogens with one attached hydrogen (secondary N) is 2. The van der Waals surface area contributed by atoms with Crippen LogP contribution in [0.4, 0.5) is 0 Å². The predicted molar refractivity (Wildman–Crippen MR) is 70.5 cm³/mol. The second-order valence-corrected chi connectivity index (χ2v) is 5.13. The summed E-state index contributed by atoms with van der Waals surface area (Å²) in [7, 11) is 0. The topological polar surface area (TPSA) is 62.7 Å². The Bertz CT molecular complexity index is 341. The third kappa shape index (κ3) is 2.66. The molecule has 2 atom stereocenters. The molecule has 2 rings (SSSR count). The summed E-state index contributed by atoms with van der Waals surface area (Å²) in [6.07, 6.45) is 4.74. The van der Waals surface area contributed by atoms with Gasteiger partial charge < -0.3 is 10.1 Å². The Morgan fingerprint density at radius 3 is 3.00 bits per heavy atom. The van der Waals surface area contributed by atoms with Crippen LogP contribution in [0, 0.1) is 0 Å². The Kier molecular flexibility index (Phi) is 4.22. The first kappa shape index (κ1) is 13.3. The van der Waals surface area contributed by atoms with Crippen molar-refractivity contribution in [2.45, 2.75) is 57.6 Å². The van der Waals surface area contributed by atoms with Crippen LogP contribution < -0.4 is 10.6 Å². The van der Waals surface area contributed by atoms with Gasteiger partial charge in [0.2, 0.25) is 0 Å². The van der Waals surface area contributed by atoms with Crippen molar-refractivity contribution in [3.63, 3.8) is 0 Å². The highest BCUT2D eigenvalue weighted by atomic mass is 16.5. The van der Waals surface area contributed by atoms with Gasteiger partial charge in [0.15, 0.2) is 5.96 Å². The van der Waals surface area contributed by atoms with Crippen molar-refractivity contribution in [3.05, 3.63) is 0 Å². The Morgan fingerprint density at radius 2 is 2.28 bits per heavy atom. The Labute approximate surface area is 108 Å². The number of hydrogen-bond donors (Lipinski definition) is 2. The fraction of sp³-hybridized carbons (Fsp3) is 0.846. The van der Waals surface area contributed by atoms with E-state index in [1.807, 2.05) is 0 Å². The maximum absolute atomic E-state index is 12.2. The number of rotatable bonds is 4. The first-order chi connectivity index (χ1) is 8.70. The van der Waals surface area contributed by atoms with Gasteiger partial charge in [-0.1, -0.05) is 20.3 Å². The lowest BCUT2D eigenvalue weighted by molar-refractivity contribution is -0.130. The predicted octanol–water partition coefficient (Wildman–Crippen LogP) is 1.19. The van der Waals surface area contributed by atoms with E-state index < -0.39 is 5.54 Å². The van der Waals surface area contributed by atoms with E-state index in [9.17, 15) is 4.79 Å². The van der Waals surface area contributed by atoms with Gasteiger partial charge in [0.25, 0.3) is 5.91 Å². The third-order valence-corrected chi connectivity index (χ3v) is 3.59. The number of nitrogens with zero attached hydrogens (tertiary/aromatic N) is 1. The van der Waals surface area contributed by atoms with Crippen LogP contribution in [-0.4, -0.2) is 36.7 Å². The summed E-state index contributed by atoms with van der Waals surface area (Å²) < 4.78 is 5.71. The molecule has 0 aromatic heterocycles. The highest BCUT2D eigenvalue weighted by molar-refractivity contribution is 6.09. The Morgan fingerprint density at radius 1 is 1.44 bits per heavy atom. The van der Waals surface area contributed by atoms with Crippen LogP contribution in [0.1, 0.15) is 46.0 Å². The minimum atomic E-state index is -0.481. The van der Waals surface area contributed by atoms with E-state index in [2.05, 4.69) is 29.5 Å². The number of guanidine groups is 1. The monoisotopic (exact) mass is 253 g/mol. The summed E-state index contributed by atoms with van der Waals surface area (Å²) in [5.41, 5.74) is -0.481. The molecular weight excluding hydrogens is 230 g/mol. The van der Waals surface area contributed by atoms with Crippen molar-refractivity contribution < 1.29 is 9.53 Å². The first-order valence-corrected chi connectivity index (χ1v) is 6.96. The molecule has 102 valence electrons. The van der Waals surface area contributed by atoms with Gasteiger partial charge in [-0.15, -0.1) is 0 Å². The first-order valence-electron chi connectivity index (χ1n) is 6.96. The SMILES string of the molecule is CCCN=C1NC(=O)C2(CCOC(CCC)C2)N1. The largest absolute Gasteiger partial charge is 0.378 e. The van der Waals surface area contributed by atoms with Crippen LogP contribution in [0.15, 0.2) is 4.99 Å². The van der Waals surface area contributed by atoms with Gasteiger partial charge in [-0.2, -0.15) is 0 Å². The van der Waals surface area contributed by atoms with Gasteiger partial charge in [-0.25, -0.2) is 0 Å². The molecule has 5 heteroatoms. The van der Waals surface area contributed by atoms with Crippen LogP contribution in [0.25, 0.3) is 0 Å². The summed E-state index contributed by atoms with van der Waals surface area (Å²) in [5.74, 6) is 0.695. The standard InChI is InChI=1S/C13H23N3O2/c1-3-5-10-9-13(6-8-18-10)11(17)15-12(16-13)14-7-4-2/h10H,3-9H2,1-2H3,(H2,14,15,16,17). The lowest BCUT2D eigenvalue weighted by atomic mass is 9.85. The van der Waals surface area contributed by atoms with Gasteiger partial charge in [-0.05, 0) is 12.8 Å². The fourth-order valence-electron chi connectivity index (χ4n) is 2.62. The van der Waals surface area contributed by atoms with Crippen molar-refractivity contribution >= 4 is 11.9 Å². The Balaban J connectivity index is 2.04. The van der Waals surface area contributed by atoms with Crippen molar-refractivity contribution in [3.8, 4) is 0 Å². The average molecular weight is 253 g/mol. The average Bonchev–Trinajstić information content (AvgIpc) is 2.64. The van der Waals surface area contributed by atoms with E-state index in [4.69, 9.17) is 4.74 Å². The van der Waals surface area contributed by atoms with Crippen LogP contribution >= 0.6 is 0 Å². The smallest absolute Gasteiger partial charge is 0.252 e. The van der Waals surface area contributed by atoms with Gasteiger partial charge in [-0.3, -0.25) is 15.1 Å². The van der Waals surface area contributed by atoms with E-state index >= 15 is 0 Å². The third-order valence-electron chi connectivity index (χ3n) is 3.59. The molecule has 0 aliphatic carbocycles. The van der Waals surface area contributed by atoms with Gasteiger partial charge in [0.1, 0.15) is 5.54 Å². The summed E-state index contributed by atoms with van der Waals surface area (Å²) in [5, 5.41) is 6.14. The highest BCUT2D eigenvalue weighted by Gasteiger charge is 2.48. The zero-order valence-electron chi connectivity index (χ0n) is 11.3. The lowest BCUT2D eigenvalue weighted by Crippen LogP contribution is -2.53. The van der Waals surface area contributed by atoms with Crippen LogP contribution in [0.5, 0.6) is 0 Å². The Hall–Kier alpha value is -1.10. The van der Waals surface area contributed by atoms with Crippen LogP contribution in [-0.2, 0) is 9.53 Å². The minimum absolute atomic E-state index is 0.0572. The summed E-state index contributed by atoms with van der Waals surface area (Å²) in [4.78, 5) is 16.5. The molecule has 0 aromatic carbocycles. The zero-order valence-corrected chi connectivity index (χ0v) is 11.3. The number of ether oxygens (including phenoxy) is 1. The molecule has 1 amide bonds. The molecule has 2 aliphatic rings. The molecule has 2 fully saturated rings. The molecule has 5 nitrogen and oxygen atoms in total. The maximum atomic E-state index is 12.2.